The van der Waals surface area contributed by atoms with Gasteiger partial charge in [0, 0.05) is 6.54 Å². The van der Waals surface area contributed by atoms with Crippen molar-refractivity contribution in [3.63, 3.8) is 0 Å². The molecule has 0 aliphatic heterocycles. The van der Waals surface area contributed by atoms with Crippen LogP contribution < -0.4 is 10.6 Å². The first-order chi connectivity index (χ1) is 6.79. The highest BCUT2D eigenvalue weighted by molar-refractivity contribution is 4.75. The molecule has 2 atom stereocenters. The van der Waals surface area contributed by atoms with E-state index < -0.39 is 0 Å². The molecule has 0 bridgehead atoms. The molecule has 0 aromatic heterocycles. The average molecular weight is 198 g/mol. The van der Waals surface area contributed by atoms with Crippen molar-refractivity contribution >= 4 is 0 Å². The highest BCUT2D eigenvalue weighted by Crippen LogP contribution is 2.17. The normalized spacial score (nSPS) is 15.1. The van der Waals surface area contributed by atoms with Gasteiger partial charge in [-0.1, -0.05) is 32.8 Å². The van der Waals surface area contributed by atoms with Gasteiger partial charge in [-0.25, -0.2) is 0 Å². The van der Waals surface area contributed by atoms with Crippen molar-refractivity contribution in [3.8, 4) is 0 Å². The van der Waals surface area contributed by atoms with E-state index in [1.165, 1.54) is 12.8 Å². The molecular formula is C12H26N2. The van der Waals surface area contributed by atoms with Crippen LogP contribution in [0.5, 0.6) is 0 Å². The van der Waals surface area contributed by atoms with Gasteiger partial charge >= 0.3 is 0 Å². The van der Waals surface area contributed by atoms with Crippen molar-refractivity contribution in [2.45, 2.75) is 26.7 Å². The van der Waals surface area contributed by atoms with Crippen molar-refractivity contribution in [2.75, 3.05) is 26.7 Å². The molecule has 0 heterocycles. The van der Waals surface area contributed by atoms with E-state index in [4.69, 9.17) is 0 Å². The van der Waals surface area contributed by atoms with E-state index in [-0.39, 0.29) is 0 Å². The zero-order valence-corrected chi connectivity index (χ0v) is 9.97. The van der Waals surface area contributed by atoms with Crippen LogP contribution in [0.1, 0.15) is 26.7 Å². The Labute approximate surface area is 89.2 Å². The molecule has 2 N–H and O–H groups in total. The Balaban J connectivity index is 3.87. The predicted octanol–water partition coefficient (Wildman–Crippen LogP) is 2.03. The lowest BCUT2D eigenvalue weighted by molar-refractivity contribution is 0.297. The van der Waals surface area contributed by atoms with Crippen LogP contribution >= 0.6 is 0 Å². The van der Waals surface area contributed by atoms with Gasteiger partial charge in [-0.2, -0.15) is 0 Å². The topological polar surface area (TPSA) is 24.1 Å². The summed E-state index contributed by atoms with van der Waals surface area (Å²) in [5.41, 5.74) is 0. The maximum atomic E-state index is 3.71. The van der Waals surface area contributed by atoms with Crippen LogP contribution in [-0.4, -0.2) is 26.7 Å². The van der Waals surface area contributed by atoms with Crippen molar-refractivity contribution in [1.29, 1.82) is 0 Å². The quantitative estimate of drug-likeness (QED) is 0.437. The van der Waals surface area contributed by atoms with Crippen molar-refractivity contribution in [3.05, 3.63) is 12.7 Å². The van der Waals surface area contributed by atoms with Gasteiger partial charge in [-0.15, -0.1) is 6.58 Å². The molecule has 84 valence electrons. The third-order valence-electron chi connectivity index (χ3n) is 2.88. The molecule has 0 amide bonds. The Morgan fingerprint density at radius 2 is 1.71 bits per heavy atom. The molecule has 0 aliphatic rings. The molecule has 0 aromatic carbocycles. The van der Waals surface area contributed by atoms with Gasteiger partial charge in [0.1, 0.15) is 0 Å². The number of nitrogens with one attached hydrogen (secondary N) is 2. The molecule has 0 aromatic rings. The van der Waals surface area contributed by atoms with Gasteiger partial charge < -0.3 is 10.6 Å². The van der Waals surface area contributed by atoms with Crippen LogP contribution in [0, 0.1) is 11.8 Å². The molecule has 0 saturated heterocycles. The maximum absolute atomic E-state index is 3.71. The second kappa shape index (κ2) is 9.22. The average Bonchev–Trinajstić information content (AvgIpc) is 2.22. The van der Waals surface area contributed by atoms with Gasteiger partial charge in [-0.05, 0) is 32.0 Å². The minimum atomic E-state index is 0.785. The summed E-state index contributed by atoms with van der Waals surface area (Å²) in [6.07, 6.45) is 4.44. The fourth-order valence-corrected chi connectivity index (χ4v) is 1.92. The first kappa shape index (κ1) is 13.7. The highest BCUT2D eigenvalue weighted by atomic mass is 14.9. The molecule has 2 unspecified atom stereocenters. The zero-order valence-electron chi connectivity index (χ0n) is 9.97. The number of rotatable bonds is 9. The van der Waals surface area contributed by atoms with Crippen LogP contribution in [0.4, 0.5) is 0 Å². The van der Waals surface area contributed by atoms with Crippen LogP contribution in [0.25, 0.3) is 0 Å². The van der Waals surface area contributed by atoms with Crippen molar-refractivity contribution in [2.24, 2.45) is 11.8 Å². The molecular weight excluding hydrogens is 172 g/mol. The van der Waals surface area contributed by atoms with Gasteiger partial charge in [-0.3, -0.25) is 0 Å². The molecule has 14 heavy (non-hydrogen) atoms. The molecule has 2 heteroatoms. The smallest absolute Gasteiger partial charge is 0.0132 e. The molecule has 0 aliphatic carbocycles. The fraction of sp³-hybridized carbons (Fsp3) is 0.833. The van der Waals surface area contributed by atoms with Crippen LogP contribution in [0.3, 0.4) is 0 Å². The Bertz CT molecular complexity index is 134. The predicted molar refractivity (Wildman–Crippen MR) is 64.6 cm³/mol. The third-order valence-corrected chi connectivity index (χ3v) is 2.88. The van der Waals surface area contributed by atoms with Gasteiger partial charge in [0.05, 0.1) is 0 Å². The summed E-state index contributed by atoms with van der Waals surface area (Å²) in [6.45, 7) is 11.4. The lowest BCUT2D eigenvalue weighted by atomic mass is 9.87. The van der Waals surface area contributed by atoms with Gasteiger partial charge in [0.15, 0.2) is 0 Å². The van der Waals surface area contributed by atoms with E-state index in [1.54, 1.807) is 0 Å². The van der Waals surface area contributed by atoms with Gasteiger partial charge in [0.2, 0.25) is 0 Å². The van der Waals surface area contributed by atoms with E-state index in [2.05, 4.69) is 31.1 Å². The maximum Gasteiger partial charge on any atom is 0.0132 e. The molecule has 0 fully saturated rings. The molecule has 0 radical (unpaired) electrons. The summed E-state index contributed by atoms with van der Waals surface area (Å²) in [7, 11) is 2.03. The molecule has 2 nitrogen and oxygen atoms in total. The summed E-state index contributed by atoms with van der Waals surface area (Å²) in [5.74, 6) is 1.58. The largest absolute Gasteiger partial charge is 0.319 e. The number of hydrogen-bond donors (Lipinski definition) is 2. The lowest BCUT2D eigenvalue weighted by Gasteiger charge is -2.25. The summed E-state index contributed by atoms with van der Waals surface area (Å²) in [6, 6.07) is 0. The lowest BCUT2D eigenvalue weighted by Crippen LogP contribution is -2.32. The van der Waals surface area contributed by atoms with E-state index in [9.17, 15) is 0 Å². The van der Waals surface area contributed by atoms with E-state index in [1.807, 2.05) is 13.1 Å². The molecule has 0 spiro atoms. The van der Waals surface area contributed by atoms with Crippen molar-refractivity contribution in [1.82, 2.24) is 10.6 Å². The van der Waals surface area contributed by atoms with Crippen LogP contribution in [0.15, 0.2) is 12.7 Å². The summed E-state index contributed by atoms with van der Waals surface area (Å²) in [4.78, 5) is 0. The Morgan fingerprint density at radius 1 is 1.14 bits per heavy atom. The monoisotopic (exact) mass is 198 g/mol. The van der Waals surface area contributed by atoms with E-state index in [0.717, 1.165) is 31.5 Å². The van der Waals surface area contributed by atoms with Gasteiger partial charge in [0.25, 0.3) is 0 Å². The first-order valence-electron chi connectivity index (χ1n) is 5.76. The fourth-order valence-electron chi connectivity index (χ4n) is 1.92. The number of hydrogen-bond acceptors (Lipinski definition) is 2. The summed E-state index contributed by atoms with van der Waals surface area (Å²) >= 11 is 0. The van der Waals surface area contributed by atoms with Crippen molar-refractivity contribution < 1.29 is 0 Å². The first-order valence-corrected chi connectivity index (χ1v) is 5.76. The Hall–Kier alpha value is -0.340. The Kier molecular flexibility index (Phi) is 9.00. The van der Waals surface area contributed by atoms with E-state index >= 15 is 0 Å². The third kappa shape index (κ3) is 5.40. The summed E-state index contributed by atoms with van der Waals surface area (Å²) < 4.78 is 0. The summed E-state index contributed by atoms with van der Waals surface area (Å²) in [5, 5.41) is 6.69. The van der Waals surface area contributed by atoms with Crippen LogP contribution in [-0.2, 0) is 0 Å². The SMILES string of the molecule is C=CCNCC(CC)C(CC)CNC. The van der Waals surface area contributed by atoms with E-state index in [0.29, 0.717) is 0 Å². The highest BCUT2D eigenvalue weighted by Gasteiger charge is 2.16. The minimum absolute atomic E-state index is 0.785. The minimum Gasteiger partial charge on any atom is -0.319 e. The standard InChI is InChI=1S/C12H26N2/c1-5-8-14-10-12(7-3)11(6-2)9-13-4/h5,11-14H,1,6-10H2,2-4H3. The molecule has 0 saturated carbocycles. The van der Waals surface area contributed by atoms with Crippen LogP contribution in [0.2, 0.25) is 0 Å². The zero-order chi connectivity index (χ0) is 10.8. The second-order valence-corrected chi connectivity index (χ2v) is 3.84. The Morgan fingerprint density at radius 3 is 2.14 bits per heavy atom. The second-order valence-electron chi connectivity index (χ2n) is 3.84. The molecule has 0 rings (SSSR count).